The zero-order chi connectivity index (χ0) is 37.0. The second-order valence-corrected chi connectivity index (χ2v) is 15.4. The van der Waals surface area contributed by atoms with E-state index in [9.17, 15) is 19.2 Å². The lowest BCUT2D eigenvalue weighted by molar-refractivity contribution is -0.153. The fourth-order valence-corrected chi connectivity index (χ4v) is 6.57. The van der Waals surface area contributed by atoms with E-state index >= 15 is 0 Å². The van der Waals surface area contributed by atoms with Gasteiger partial charge in [-0.25, -0.2) is 0 Å². The van der Waals surface area contributed by atoms with Crippen LogP contribution in [0.2, 0.25) is 0 Å². The summed E-state index contributed by atoms with van der Waals surface area (Å²) in [6.45, 7) is 16.8. The molecule has 4 atom stereocenters. The van der Waals surface area contributed by atoms with Gasteiger partial charge < -0.3 is 25.3 Å². The zero-order valence-electron chi connectivity index (χ0n) is 32.4. The third-order valence-electron chi connectivity index (χ3n) is 9.33. The number of likely N-dealkylation sites (N-methyl/N-ethyl adjacent to an activating group) is 4. The molecule has 4 amide bonds. The number of nitrogens with zero attached hydrogens (tertiary/aromatic N) is 3. The van der Waals surface area contributed by atoms with Crippen LogP contribution in [0.5, 0.6) is 0 Å². The average molecular weight is 680 g/mol. The molecule has 0 spiro atoms. The SMILES string of the molecule is CN[C@@H](CC(C)C)C(=O)N(C)[C@@H](CC(C)C)C(=O)N(C)[C@@H](CC(C)C)C(=O)N(C)[C@@H](CC(C)C)C(=O)NCCc1cccc2ccccc12. The monoisotopic (exact) mass is 680 g/mol. The van der Waals surface area contributed by atoms with Crippen LogP contribution in [0.1, 0.15) is 86.6 Å². The summed E-state index contributed by atoms with van der Waals surface area (Å²) in [6.07, 6.45) is 2.71. The first-order valence-electron chi connectivity index (χ1n) is 18.2. The van der Waals surface area contributed by atoms with Crippen LogP contribution in [0.25, 0.3) is 10.8 Å². The topological polar surface area (TPSA) is 102 Å². The zero-order valence-corrected chi connectivity index (χ0v) is 32.4. The molecular formula is C40H65N5O4. The van der Waals surface area contributed by atoms with E-state index in [1.54, 1.807) is 33.1 Å². The molecule has 9 heteroatoms. The molecule has 2 rings (SSSR count). The first kappa shape index (κ1) is 41.7. The van der Waals surface area contributed by atoms with Crippen molar-refractivity contribution in [3.63, 3.8) is 0 Å². The van der Waals surface area contributed by atoms with Crippen molar-refractivity contribution >= 4 is 34.4 Å². The fraction of sp³-hybridized carbons (Fsp3) is 0.650. The number of hydrogen-bond donors (Lipinski definition) is 2. The van der Waals surface area contributed by atoms with E-state index in [0.29, 0.717) is 44.6 Å². The molecule has 0 fully saturated rings. The van der Waals surface area contributed by atoms with Crippen LogP contribution in [0.4, 0.5) is 0 Å². The van der Waals surface area contributed by atoms with Gasteiger partial charge in [-0.2, -0.15) is 0 Å². The molecule has 0 aromatic heterocycles. The molecule has 0 saturated heterocycles. The van der Waals surface area contributed by atoms with Gasteiger partial charge in [-0.15, -0.1) is 0 Å². The van der Waals surface area contributed by atoms with Crippen molar-refractivity contribution in [1.82, 2.24) is 25.3 Å². The van der Waals surface area contributed by atoms with Crippen molar-refractivity contribution in [3.8, 4) is 0 Å². The lowest BCUT2D eigenvalue weighted by Crippen LogP contribution is -2.59. The van der Waals surface area contributed by atoms with Crippen LogP contribution in [-0.2, 0) is 25.6 Å². The highest BCUT2D eigenvalue weighted by molar-refractivity contribution is 5.95. The molecule has 2 aromatic rings. The van der Waals surface area contributed by atoms with Crippen molar-refractivity contribution in [2.45, 2.75) is 112 Å². The van der Waals surface area contributed by atoms with E-state index in [0.717, 1.165) is 10.9 Å². The van der Waals surface area contributed by atoms with Gasteiger partial charge >= 0.3 is 0 Å². The maximum Gasteiger partial charge on any atom is 0.245 e. The summed E-state index contributed by atoms with van der Waals surface area (Å²) >= 11 is 0. The molecule has 0 aliphatic heterocycles. The Balaban J connectivity index is 2.31. The minimum absolute atomic E-state index is 0.110. The highest BCUT2D eigenvalue weighted by Gasteiger charge is 2.39. The van der Waals surface area contributed by atoms with Crippen molar-refractivity contribution < 1.29 is 19.2 Å². The highest BCUT2D eigenvalue weighted by atomic mass is 16.2. The Labute approximate surface area is 296 Å². The molecule has 0 radical (unpaired) electrons. The Hall–Kier alpha value is -3.46. The van der Waals surface area contributed by atoms with Gasteiger partial charge in [-0.1, -0.05) is 97.9 Å². The number of carbonyl (C=O) groups excluding carboxylic acids is 4. The highest BCUT2D eigenvalue weighted by Crippen LogP contribution is 2.23. The number of hydrogen-bond acceptors (Lipinski definition) is 5. The summed E-state index contributed by atoms with van der Waals surface area (Å²) in [5, 5.41) is 8.56. The molecule has 0 heterocycles. The fourth-order valence-electron chi connectivity index (χ4n) is 6.57. The van der Waals surface area contributed by atoms with E-state index < -0.39 is 24.2 Å². The Morgan fingerprint density at radius 2 is 1.04 bits per heavy atom. The van der Waals surface area contributed by atoms with E-state index in [1.807, 2.05) is 59.7 Å². The largest absolute Gasteiger partial charge is 0.354 e. The summed E-state index contributed by atoms with van der Waals surface area (Å²) < 4.78 is 0. The van der Waals surface area contributed by atoms with Gasteiger partial charge in [0.15, 0.2) is 0 Å². The minimum Gasteiger partial charge on any atom is -0.354 e. The average Bonchev–Trinajstić information content (AvgIpc) is 3.05. The van der Waals surface area contributed by atoms with Gasteiger partial charge in [0.25, 0.3) is 0 Å². The van der Waals surface area contributed by atoms with Crippen molar-refractivity contribution in [3.05, 3.63) is 48.0 Å². The number of carbonyl (C=O) groups is 4. The minimum atomic E-state index is -0.787. The molecule has 0 aliphatic carbocycles. The Bertz CT molecular complexity index is 1370. The lowest BCUT2D eigenvalue weighted by Gasteiger charge is -2.39. The second kappa shape index (κ2) is 19.7. The van der Waals surface area contributed by atoms with Crippen molar-refractivity contribution in [2.24, 2.45) is 23.7 Å². The Morgan fingerprint density at radius 1 is 0.592 bits per heavy atom. The third-order valence-corrected chi connectivity index (χ3v) is 9.33. The molecule has 49 heavy (non-hydrogen) atoms. The predicted molar refractivity (Wildman–Crippen MR) is 201 cm³/mol. The molecule has 2 N–H and O–H groups in total. The number of rotatable bonds is 19. The van der Waals surface area contributed by atoms with Gasteiger partial charge in [0.1, 0.15) is 18.1 Å². The van der Waals surface area contributed by atoms with Gasteiger partial charge in [0.2, 0.25) is 23.6 Å². The Morgan fingerprint density at radius 3 is 1.55 bits per heavy atom. The summed E-state index contributed by atoms with van der Waals surface area (Å²) in [7, 11) is 6.80. The van der Waals surface area contributed by atoms with Gasteiger partial charge in [0, 0.05) is 27.7 Å². The van der Waals surface area contributed by atoms with E-state index in [4.69, 9.17) is 0 Å². The summed E-state index contributed by atoms with van der Waals surface area (Å²) in [5.74, 6) is -0.162. The standard InChI is InChI=1S/C40H65N5O4/c1-26(2)22-33(41-9)38(47)44(11)35(24-28(5)6)40(49)45(12)36(25-29(7)8)39(48)43(10)34(23-27(3)4)37(46)42-21-20-31-18-15-17-30-16-13-14-19-32(30)31/h13-19,26-29,33-36,41H,20-25H2,1-12H3,(H,42,46)/t33-,34-,35-,36-/m0/s1. The van der Waals surface area contributed by atoms with Crippen LogP contribution in [0.15, 0.2) is 42.5 Å². The lowest BCUT2D eigenvalue weighted by atomic mass is 9.95. The van der Waals surface area contributed by atoms with Crippen LogP contribution in [0, 0.1) is 23.7 Å². The number of nitrogens with one attached hydrogen (secondary N) is 2. The van der Waals surface area contributed by atoms with E-state index in [2.05, 4.69) is 48.7 Å². The number of amides is 4. The van der Waals surface area contributed by atoms with Crippen LogP contribution in [0.3, 0.4) is 0 Å². The maximum atomic E-state index is 14.4. The molecule has 0 unspecified atom stereocenters. The van der Waals surface area contributed by atoms with Crippen LogP contribution >= 0.6 is 0 Å². The first-order valence-corrected chi connectivity index (χ1v) is 18.2. The molecule has 0 aliphatic rings. The van der Waals surface area contributed by atoms with Crippen molar-refractivity contribution in [1.29, 1.82) is 0 Å². The molecule has 0 bridgehead atoms. The van der Waals surface area contributed by atoms with Crippen molar-refractivity contribution in [2.75, 3.05) is 34.7 Å². The Kier molecular flexibility index (Phi) is 16.7. The maximum absolute atomic E-state index is 14.4. The van der Waals surface area contributed by atoms with Gasteiger partial charge in [-0.3, -0.25) is 19.2 Å². The second-order valence-electron chi connectivity index (χ2n) is 15.4. The smallest absolute Gasteiger partial charge is 0.245 e. The van der Waals surface area contributed by atoms with E-state index in [1.165, 1.54) is 15.2 Å². The molecule has 9 nitrogen and oxygen atoms in total. The number of fused-ring (bicyclic) bond motifs is 1. The van der Waals surface area contributed by atoms with Gasteiger partial charge in [0.05, 0.1) is 6.04 Å². The molecule has 274 valence electrons. The van der Waals surface area contributed by atoms with Gasteiger partial charge in [-0.05, 0) is 79.2 Å². The summed E-state index contributed by atoms with van der Waals surface area (Å²) in [5.41, 5.74) is 1.16. The summed E-state index contributed by atoms with van der Waals surface area (Å²) in [6, 6.07) is 11.8. The molecule has 0 saturated carbocycles. The van der Waals surface area contributed by atoms with Crippen LogP contribution in [-0.4, -0.2) is 97.2 Å². The van der Waals surface area contributed by atoms with E-state index in [-0.39, 0.29) is 41.4 Å². The molecule has 2 aromatic carbocycles. The normalized spacial score (nSPS) is 14.2. The number of benzene rings is 2. The van der Waals surface area contributed by atoms with Crippen LogP contribution < -0.4 is 10.6 Å². The third kappa shape index (κ3) is 12.1. The summed E-state index contributed by atoms with van der Waals surface area (Å²) in [4.78, 5) is 60.7. The predicted octanol–water partition coefficient (Wildman–Crippen LogP) is 5.75. The first-order chi connectivity index (χ1) is 23.0. The molecular weight excluding hydrogens is 614 g/mol. The quantitative estimate of drug-likeness (QED) is 0.197.